The maximum absolute atomic E-state index is 11.4. The zero-order valence-electron chi connectivity index (χ0n) is 8.47. The van der Waals surface area contributed by atoms with E-state index in [-0.39, 0.29) is 5.97 Å². The summed E-state index contributed by atoms with van der Waals surface area (Å²) >= 11 is 7.01. The summed E-state index contributed by atoms with van der Waals surface area (Å²) in [5.74, 6) is -0.278. The van der Waals surface area contributed by atoms with Crippen molar-refractivity contribution in [2.45, 2.75) is 11.3 Å². The van der Waals surface area contributed by atoms with Crippen LogP contribution in [0.5, 0.6) is 0 Å². The first-order chi connectivity index (χ1) is 7.70. The second-order valence-corrected chi connectivity index (χ2v) is 5.57. The summed E-state index contributed by atoms with van der Waals surface area (Å²) < 4.78 is 5.64. The lowest BCUT2D eigenvalue weighted by molar-refractivity contribution is 0.0532. The number of thiazole rings is 1. The molecule has 0 aliphatic rings. The smallest absolute Gasteiger partial charge is 0.348 e. The molecule has 0 spiro atoms. The highest BCUT2D eigenvalue weighted by atomic mass is 32.2. The number of thiophene rings is 1. The second-order valence-electron chi connectivity index (χ2n) is 2.90. The Morgan fingerprint density at radius 1 is 1.56 bits per heavy atom. The first-order valence-corrected chi connectivity index (χ1v) is 6.77. The Labute approximate surface area is 107 Å². The van der Waals surface area contributed by atoms with Gasteiger partial charge in [0.1, 0.15) is 9.22 Å². The van der Waals surface area contributed by atoms with Gasteiger partial charge in [0, 0.05) is 5.38 Å². The summed E-state index contributed by atoms with van der Waals surface area (Å²) in [6, 6.07) is 3.63. The number of nitrogens with zero attached hydrogens (tertiary/aromatic N) is 1. The van der Waals surface area contributed by atoms with Gasteiger partial charge in [-0.2, -0.15) is 0 Å². The molecule has 0 fully saturated rings. The lowest BCUT2D eigenvalue weighted by Gasteiger charge is -1.96. The average Bonchev–Trinajstić information content (AvgIpc) is 2.85. The molecule has 0 unspecified atom stereocenters. The Bertz CT molecular complexity index is 504. The van der Waals surface area contributed by atoms with Crippen molar-refractivity contribution in [3.63, 3.8) is 0 Å². The van der Waals surface area contributed by atoms with Gasteiger partial charge < -0.3 is 4.74 Å². The normalized spacial score (nSPS) is 10.4. The zero-order chi connectivity index (χ0) is 11.5. The van der Waals surface area contributed by atoms with Crippen LogP contribution >= 0.6 is 35.3 Å². The number of ether oxygens (including phenoxy) is 1. The van der Waals surface area contributed by atoms with E-state index in [9.17, 15) is 4.79 Å². The molecule has 0 bridgehead atoms. The Balaban J connectivity index is 2.22. The number of carbonyl (C=O) groups excluding carboxylic acids is 1. The minimum atomic E-state index is -0.278. The summed E-state index contributed by atoms with van der Waals surface area (Å²) in [5.41, 5.74) is 0.857. The molecule has 2 aromatic heterocycles. The van der Waals surface area contributed by atoms with Gasteiger partial charge in [0.2, 0.25) is 0 Å². The van der Waals surface area contributed by atoms with Gasteiger partial charge in [0.05, 0.1) is 17.2 Å². The maximum atomic E-state index is 11.4. The fourth-order valence-corrected chi connectivity index (χ4v) is 2.91. The van der Waals surface area contributed by atoms with Gasteiger partial charge in [-0.1, -0.05) is 0 Å². The fourth-order valence-electron chi connectivity index (χ4n) is 1.16. The highest BCUT2D eigenvalue weighted by molar-refractivity contribution is 7.82. The van der Waals surface area contributed by atoms with Gasteiger partial charge in [-0.3, -0.25) is 0 Å². The Morgan fingerprint density at radius 2 is 2.38 bits per heavy atom. The molecule has 2 rings (SSSR count). The number of hydrogen-bond donors (Lipinski definition) is 1. The highest BCUT2D eigenvalue weighted by Crippen LogP contribution is 2.30. The molecular weight excluding hydrogens is 262 g/mol. The summed E-state index contributed by atoms with van der Waals surface area (Å²) in [4.78, 5) is 17.3. The molecule has 84 valence electrons. The third-order valence-corrected chi connectivity index (χ3v) is 3.97. The minimum absolute atomic E-state index is 0.278. The lowest BCUT2D eigenvalue weighted by Crippen LogP contribution is -2.01. The second kappa shape index (κ2) is 4.99. The van der Waals surface area contributed by atoms with Crippen LogP contribution in [0.4, 0.5) is 0 Å². The largest absolute Gasteiger partial charge is 0.462 e. The quantitative estimate of drug-likeness (QED) is 0.687. The Morgan fingerprint density at radius 3 is 3.00 bits per heavy atom. The van der Waals surface area contributed by atoms with Crippen molar-refractivity contribution in [1.82, 2.24) is 4.98 Å². The standard InChI is InChI=1S/C10H9NO2S3/c1-2-13-9(12)8-4-3-7(16-8)6-5-15-10(14)11-6/h3-5H,2H2,1H3,(H,11,14). The molecule has 16 heavy (non-hydrogen) atoms. The molecule has 0 N–H and O–H groups in total. The van der Waals surface area contributed by atoms with E-state index in [1.807, 2.05) is 11.4 Å². The molecule has 0 aromatic carbocycles. The summed E-state index contributed by atoms with van der Waals surface area (Å²) in [7, 11) is 0. The third-order valence-electron chi connectivity index (χ3n) is 1.83. The van der Waals surface area contributed by atoms with E-state index < -0.39 is 0 Å². The molecule has 3 nitrogen and oxygen atoms in total. The SMILES string of the molecule is CCOC(=O)c1ccc(-c2csc(S)n2)s1. The number of carbonyl (C=O) groups is 1. The molecule has 0 saturated heterocycles. The van der Waals surface area contributed by atoms with Crippen LogP contribution in [0.25, 0.3) is 10.6 Å². The van der Waals surface area contributed by atoms with Crippen LogP contribution in [-0.2, 0) is 4.74 Å². The van der Waals surface area contributed by atoms with Crippen LogP contribution < -0.4 is 0 Å². The van der Waals surface area contributed by atoms with Crippen LogP contribution in [0, 0.1) is 0 Å². The molecule has 2 aromatic rings. The first kappa shape index (κ1) is 11.6. The number of esters is 1. The van der Waals surface area contributed by atoms with Crippen molar-refractivity contribution in [3.05, 3.63) is 22.4 Å². The molecular formula is C10H9NO2S3. The van der Waals surface area contributed by atoms with Gasteiger partial charge in [-0.25, -0.2) is 9.78 Å². The number of aromatic nitrogens is 1. The molecule has 2 heterocycles. The topological polar surface area (TPSA) is 39.2 Å². The van der Waals surface area contributed by atoms with Crippen molar-refractivity contribution < 1.29 is 9.53 Å². The molecule has 0 saturated carbocycles. The molecule has 0 aliphatic carbocycles. The summed E-state index contributed by atoms with van der Waals surface area (Å²) in [6.45, 7) is 2.18. The molecule has 0 aliphatic heterocycles. The van der Waals surface area contributed by atoms with Crippen molar-refractivity contribution >= 4 is 41.3 Å². The van der Waals surface area contributed by atoms with Gasteiger partial charge in [-0.15, -0.1) is 35.3 Å². The fraction of sp³-hybridized carbons (Fsp3) is 0.200. The van der Waals surface area contributed by atoms with Gasteiger partial charge in [0.25, 0.3) is 0 Å². The number of rotatable bonds is 3. The van der Waals surface area contributed by atoms with Crippen LogP contribution in [0.2, 0.25) is 0 Å². The summed E-state index contributed by atoms with van der Waals surface area (Å²) in [6.07, 6.45) is 0. The Kier molecular flexibility index (Phi) is 3.63. The molecule has 0 radical (unpaired) electrons. The van der Waals surface area contributed by atoms with Crippen LogP contribution in [0.1, 0.15) is 16.6 Å². The van der Waals surface area contributed by atoms with Gasteiger partial charge >= 0.3 is 5.97 Å². The molecule has 0 atom stereocenters. The third kappa shape index (κ3) is 2.45. The number of thiol groups is 1. The highest BCUT2D eigenvalue weighted by Gasteiger charge is 2.12. The van der Waals surface area contributed by atoms with E-state index >= 15 is 0 Å². The summed E-state index contributed by atoms with van der Waals surface area (Å²) in [5, 5.41) is 1.92. The van der Waals surface area contributed by atoms with Crippen molar-refractivity contribution in [3.8, 4) is 10.6 Å². The Hall–Kier alpha value is -0.850. The molecule has 6 heteroatoms. The van der Waals surface area contributed by atoms with E-state index in [0.717, 1.165) is 14.9 Å². The predicted octanol–water partition coefficient (Wildman–Crippen LogP) is 3.34. The van der Waals surface area contributed by atoms with Gasteiger partial charge in [-0.05, 0) is 19.1 Å². The number of hydrogen-bond acceptors (Lipinski definition) is 6. The van der Waals surface area contributed by atoms with E-state index in [2.05, 4.69) is 17.6 Å². The van der Waals surface area contributed by atoms with Crippen molar-refractivity contribution in [2.24, 2.45) is 0 Å². The lowest BCUT2D eigenvalue weighted by atomic mass is 10.4. The maximum Gasteiger partial charge on any atom is 0.348 e. The predicted molar refractivity (Wildman–Crippen MR) is 68.6 cm³/mol. The van der Waals surface area contributed by atoms with Crippen LogP contribution in [0.3, 0.4) is 0 Å². The van der Waals surface area contributed by atoms with E-state index in [1.165, 1.54) is 22.7 Å². The first-order valence-electron chi connectivity index (χ1n) is 4.62. The molecule has 0 amide bonds. The monoisotopic (exact) mass is 271 g/mol. The average molecular weight is 271 g/mol. The van der Waals surface area contributed by atoms with E-state index in [4.69, 9.17) is 4.74 Å². The minimum Gasteiger partial charge on any atom is -0.462 e. The van der Waals surface area contributed by atoms with Gasteiger partial charge in [0.15, 0.2) is 0 Å². The van der Waals surface area contributed by atoms with Crippen molar-refractivity contribution in [1.29, 1.82) is 0 Å². The van der Waals surface area contributed by atoms with E-state index in [0.29, 0.717) is 11.5 Å². The van der Waals surface area contributed by atoms with Crippen LogP contribution in [-0.4, -0.2) is 17.6 Å². The van der Waals surface area contributed by atoms with Crippen molar-refractivity contribution in [2.75, 3.05) is 6.61 Å². The van der Waals surface area contributed by atoms with Crippen LogP contribution in [0.15, 0.2) is 21.9 Å². The zero-order valence-corrected chi connectivity index (χ0v) is 11.0. The van der Waals surface area contributed by atoms with E-state index in [1.54, 1.807) is 13.0 Å².